The van der Waals surface area contributed by atoms with Crippen molar-refractivity contribution in [3.8, 4) is 22.7 Å². The van der Waals surface area contributed by atoms with Gasteiger partial charge < -0.3 is 20.1 Å². The summed E-state index contributed by atoms with van der Waals surface area (Å²) in [6.45, 7) is 8.12. The maximum absolute atomic E-state index is 13.0. The van der Waals surface area contributed by atoms with Crippen LogP contribution in [0.2, 0.25) is 0 Å². The first-order valence-corrected chi connectivity index (χ1v) is 12.0. The predicted octanol–water partition coefficient (Wildman–Crippen LogP) is 5.08. The van der Waals surface area contributed by atoms with E-state index < -0.39 is 18.0 Å². The fraction of sp³-hybridized carbons (Fsp3) is 0.250. The number of hydrogen-bond acceptors (Lipinski definition) is 5. The van der Waals surface area contributed by atoms with Gasteiger partial charge in [-0.05, 0) is 49.7 Å². The SMILES string of the molecule is C=CCOC(=O)C1=C(C)NC(=O)N[C@H]1c1cn(-c2ccccc2)nc1-c1ccc(OCCCC)cc1. The number of amides is 2. The summed E-state index contributed by atoms with van der Waals surface area (Å²) in [5.74, 6) is 0.235. The van der Waals surface area contributed by atoms with Crippen molar-refractivity contribution in [1.29, 1.82) is 0 Å². The Morgan fingerprint density at radius 3 is 2.61 bits per heavy atom. The highest BCUT2D eigenvalue weighted by Gasteiger charge is 2.35. The molecule has 8 heteroatoms. The van der Waals surface area contributed by atoms with Crippen molar-refractivity contribution in [2.75, 3.05) is 13.2 Å². The molecule has 1 aliphatic rings. The number of nitrogens with zero attached hydrogens (tertiary/aromatic N) is 2. The lowest BCUT2D eigenvalue weighted by Gasteiger charge is -2.27. The molecular weight excluding hydrogens is 456 g/mol. The number of hydrogen-bond donors (Lipinski definition) is 2. The number of carbonyl (C=O) groups excluding carboxylic acids is 2. The zero-order chi connectivity index (χ0) is 25.5. The first-order chi connectivity index (χ1) is 17.5. The van der Waals surface area contributed by atoms with Crippen LogP contribution in [0.1, 0.15) is 38.3 Å². The number of para-hydroxylation sites is 1. The molecule has 2 N–H and O–H groups in total. The number of benzene rings is 2. The van der Waals surface area contributed by atoms with Gasteiger partial charge in [0.15, 0.2) is 0 Å². The standard InChI is InChI=1S/C28H30N4O4/c1-4-6-17-35-22-14-12-20(13-15-22)25-23(18-32(31-25)21-10-8-7-9-11-21)26-24(27(33)36-16-5-2)19(3)29-28(34)30-26/h5,7-15,18,26H,2,4,6,16-17H2,1,3H3,(H2,29,30,34)/t26-/m0/s1. The first-order valence-electron chi connectivity index (χ1n) is 12.0. The lowest BCUT2D eigenvalue weighted by atomic mass is 9.94. The third-order valence-corrected chi connectivity index (χ3v) is 5.79. The van der Waals surface area contributed by atoms with Gasteiger partial charge in [0.05, 0.1) is 29.6 Å². The number of unbranched alkanes of at least 4 members (excludes halogenated alkanes) is 1. The quantitative estimate of drug-likeness (QED) is 0.237. The summed E-state index contributed by atoms with van der Waals surface area (Å²) in [4.78, 5) is 25.5. The van der Waals surface area contributed by atoms with E-state index in [9.17, 15) is 9.59 Å². The van der Waals surface area contributed by atoms with E-state index >= 15 is 0 Å². The molecule has 3 aromatic rings. The summed E-state index contributed by atoms with van der Waals surface area (Å²) in [6.07, 6.45) is 5.38. The summed E-state index contributed by atoms with van der Waals surface area (Å²) in [6, 6.07) is 16.1. The van der Waals surface area contributed by atoms with Gasteiger partial charge in [-0.3, -0.25) is 0 Å². The average Bonchev–Trinajstić information content (AvgIpc) is 3.33. The minimum Gasteiger partial charge on any atom is -0.494 e. The molecule has 0 aliphatic carbocycles. The van der Waals surface area contributed by atoms with Gasteiger partial charge in [-0.15, -0.1) is 0 Å². The monoisotopic (exact) mass is 486 g/mol. The second-order valence-corrected chi connectivity index (χ2v) is 8.40. The van der Waals surface area contributed by atoms with Crippen LogP contribution >= 0.6 is 0 Å². The Kier molecular flexibility index (Phi) is 7.85. The Morgan fingerprint density at radius 1 is 1.17 bits per heavy atom. The van der Waals surface area contributed by atoms with Crippen molar-refractivity contribution in [2.45, 2.75) is 32.7 Å². The molecule has 186 valence electrons. The van der Waals surface area contributed by atoms with Crippen molar-refractivity contribution in [2.24, 2.45) is 0 Å². The number of aromatic nitrogens is 2. The highest BCUT2D eigenvalue weighted by atomic mass is 16.5. The molecule has 2 aromatic carbocycles. The third-order valence-electron chi connectivity index (χ3n) is 5.79. The van der Waals surface area contributed by atoms with Crippen LogP contribution in [0.5, 0.6) is 5.75 Å². The van der Waals surface area contributed by atoms with Crippen LogP contribution in [0.25, 0.3) is 16.9 Å². The summed E-state index contributed by atoms with van der Waals surface area (Å²) < 4.78 is 12.9. The van der Waals surface area contributed by atoms with Crippen molar-refractivity contribution in [3.05, 3.63) is 90.3 Å². The normalized spacial score (nSPS) is 15.2. The lowest BCUT2D eigenvalue weighted by molar-refractivity contribution is -0.138. The van der Waals surface area contributed by atoms with Gasteiger partial charge in [-0.1, -0.05) is 44.2 Å². The number of ether oxygens (including phenoxy) is 2. The van der Waals surface area contributed by atoms with E-state index in [4.69, 9.17) is 14.6 Å². The number of rotatable bonds is 10. The third kappa shape index (κ3) is 5.49. The summed E-state index contributed by atoms with van der Waals surface area (Å²) in [5, 5.41) is 10.4. The molecule has 0 unspecified atom stereocenters. The van der Waals surface area contributed by atoms with Crippen LogP contribution in [0, 0.1) is 0 Å². The topological polar surface area (TPSA) is 94.5 Å². The highest BCUT2D eigenvalue weighted by Crippen LogP contribution is 2.35. The number of carbonyl (C=O) groups is 2. The molecule has 0 fully saturated rings. The molecule has 1 aromatic heterocycles. The summed E-state index contributed by atoms with van der Waals surface area (Å²) in [5.41, 5.74) is 3.71. The second-order valence-electron chi connectivity index (χ2n) is 8.40. The molecular formula is C28H30N4O4. The Bertz CT molecular complexity index is 1260. The molecule has 0 radical (unpaired) electrons. The number of nitrogens with one attached hydrogen (secondary N) is 2. The maximum Gasteiger partial charge on any atom is 0.338 e. The van der Waals surface area contributed by atoms with Crippen molar-refractivity contribution in [1.82, 2.24) is 20.4 Å². The maximum atomic E-state index is 13.0. The lowest BCUT2D eigenvalue weighted by Crippen LogP contribution is -2.45. The van der Waals surface area contributed by atoms with E-state index in [1.165, 1.54) is 6.08 Å². The average molecular weight is 487 g/mol. The van der Waals surface area contributed by atoms with Crippen LogP contribution in [0.4, 0.5) is 4.79 Å². The number of allylic oxidation sites excluding steroid dienone is 1. The largest absolute Gasteiger partial charge is 0.494 e. The van der Waals surface area contributed by atoms with Gasteiger partial charge in [0.25, 0.3) is 0 Å². The molecule has 8 nitrogen and oxygen atoms in total. The van der Waals surface area contributed by atoms with Crippen LogP contribution in [0.3, 0.4) is 0 Å². The molecule has 2 heterocycles. The van der Waals surface area contributed by atoms with E-state index in [1.54, 1.807) is 11.6 Å². The van der Waals surface area contributed by atoms with Gasteiger partial charge in [0.1, 0.15) is 12.4 Å². The van der Waals surface area contributed by atoms with E-state index in [0.29, 0.717) is 29.1 Å². The Labute approximate surface area is 210 Å². The first kappa shape index (κ1) is 24.8. The van der Waals surface area contributed by atoms with Gasteiger partial charge in [0.2, 0.25) is 0 Å². The van der Waals surface area contributed by atoms with Crippen LogP contribution in [-0.4, -0.2) is 35.0 Å². The molecule has 36 heavy (non-hydrogen) atoms. The van der Waals surface area contributed by atoms with Crippen LogP contribution in [0.15, 0.2) is 84.7 Å². The summed E-state index contributed by atoms with van der Waals surface area (Å²) in [7, 11) is 0. The van der Waals surface area contributed by atoms with Crippen molar-refractivity contribution < 1.29 is 19.1 Å². The fourth-order valence-corrected chi connectivity index (χ4v) is 3.99. The minimum atomic E-state index is -0.760. The van der Waals surface area contributed by atoms with E-state index in [2.05, 4.69) is 24.1 Å². The van der Waals surface area contributed by atoms with Gasteiger partial charge >= 0.3 is 12.0 Å². The number of urea groups is 1. The summed E-state index contributed by atoms with van der Waals surface area (Å²) >= 11 is 0. The smallest absolute Gasteiger partial charge is 0.338 e. The van der Waals surface area contributed by atoms with Crippen LogP contribution in [-0.2, 0) is 9.53 Å². The zero-order valence-electron chi connectivity index (χ0n) is 20.5. The molecule has 2 amide bonds. The van der Waals surface area contributed by atoms with Gasteiger partial charge in [-0.25, -0.2) is 14.3 Å². The predicted molar refractivity (Wildman–Crippen MR) is 138 cm³/mol. The second kappa shape index (κ2) is 11.4. The molecule has 4 rings (SSSR count). The van der Waals surface area contributed by atoms with Crippen molar-refractivity contribution >= 4 is 12.0 Å². The Morgan fingerprint density at radius 2 is 1.92 bits per heavy atom. The Hall–Kier alpha value is -4.33. The van der Waals surface area contributed by atoms with E-state index in [-0.39, 0.29) is 6.61 Å². The highest BCUT2D eigenvalue weighted by molar-refractivity contribution is 5.95. The zero-order valence-corrected chi connectivity index (χ0v) is 20.5. The van der Waals surface area contributed by atoms with E-state index in [0.717, 1.165) is 29.8 Å². The Balaban J connectivity index is 1.79. The van der Waals surface area contributed by atoms with Gasteiger partial charge in [0, 0.05) is 23.0 Å². The molecule has 0 bridgehead atoms. The molecule has 0 saturated heterocycles. The van der Waals surface area contributed by atoms with E-state index in [1.807, 2.05) is 60.8 Å². The van der Waals surface area contributed by atoms with Crippen LogP contribution < -0.4 is 15.4 Å². The molecule has 0 saturated carbocycles. The van der Waals surface area contributed by atoms with Crippen molar-refractivity contribution in [3.63, 3.8) is 0 Å². The molecule has 0 spiro atoms. The van der Waals surface area contributed by atoms with Gasteiger partial charge in [-0.2, -0.15) is 5.10 Å². The number of esters is 1. The minimum absolute atomic E-state index is 0.0614. The molecule has 1 atom stereocenters. The molecule has 1 aliphatic heterocycles. The fourth-order valence-electron chi connectivity index (χ4n) is 3.99.